The number of rotatable bonds is 7. The van der Waals surface area contributed by atoms with Gasteiger partial charge < -0.3 is 19.9 Å². The fourth-order valence-corrected chi connectivity index (χ4v) is 2.34. The zero-order valence-corrected chi connectivity index (χ0v) is 14.3. The van der Waals surface area contributed by atoms with Crippen molar-refractivity contribution >= 4 is 11.7 Å². The number of hydrogen-bond acceptors (Lipinski definition) is 6. The van der Waals surface area contributed by atoms with Crippen molar-refractivity contribution in [2.75, 3.05) is 25.6 Å². The van der Waals surface area contributed by atoms with E-state index in [0.29, 0.717) is 37.0 Å². The SMILES string of the molecule is COCCNC(=O)Nc1ccccc1Cc1nc(-c2ccncc2)no1. The second-order valence-corrected chi connectivity index (χ2v) is 5.46. The summed E-state index contributed by atoms with van der Waals surface area (Å²) in [5, 5.41) is 9.54. The topological polar surface area (TPSA) is 102 Å². The minimum absolute atomic E-state index is 0.294. The van der Waals surface area contributed by atoms with Crippen LogP contribution in [0.1, 0.15) is 11.5 Å². The van der Waals surface area contributed by atoms with Crippen molar-refractivity contribution in [1.82, 2.24) is 20.4 Å². The summed E-state index contributed by atoms with van der Waals surface area (Å²) in [5.41, 5.74) is 2.39. The molecule has 2 N–H and O–H groups in total. The first-order valence-electron chi connectivity index (χ1n) is 8.11. The first kappa shape index (κ1) is 17.6. The Morgan fingerprint density at radius 3 is 2.81 bits per heavy atom. The third-order valence-electron chi connectivity index (χ3n) is 3.61. The zero-order chi connectivity index (χ0) is 18.2. The fraction of sp³-hybridized carbons (Fsp3) is 0.222. The number of carbonyl (C=O) groups excluding carboxylic acids is 1. The Morgan fingerprint density at radius 2 is 2.00 bits per heavy atom. The quantitative estimate of drug-likeness (QED) is 0.633. The number of nitrogens with zero attached hydrogens (tertiary/aromatic N) is 3. The lowest BCUT2D eigenvalue weighted by Gasteiger charge is -2.10. The molecular formula is C18H19N5O3. The smallest absolute Gasteiger partial charge is 0.319 e. The first-order valence-corrected chi connectivity index (χ1v) is 8.11. The molecule has 26 heavy (non-hydrogen) atoms. The standard InChI is InChI=1S/C18H19N5O3/c1-25-11-10-20-18(24)21-15-5-3-2-4-14(15)12-16-22-17(23-26-16)13-6-8-19-9-7-13/h2-9H,10-12H2,1H3,(H2,20,21,24). The van der Waals surface area contributed by atoms with E-state index in [1.165, 1.54) is 0 Å². The van der Waals surface area contributed by atoms with Crippen LogP contribution in [-0.2, 0) is 11.2 Å². The van der Waals surface area contributed by atoms with Crippen LogP contribution in [0.2, 0.25) is 0 Å². The number of para-hydroxylation sites is 1. The van der Waals surface area contributed by atoms with Crippen molar-refractivity contribution in [2.24, 2.45) is 0 Å². The Hall–Kier alpha value is -3.26. The molecule has 0 fully saturated rings. The summed E-state index contributed by atoms with van der Waals surface area (Å²) in [5.74, 6) is 0.969. The molecule has 0 spiro atoms. The molecule has 0 bridgehead atoms. The summed E-state index contributed by atoms with van der Waals surface area (Å²) in [6.07, 6.45) is 3.76. The molecule has 0 radical (unpaired) electrons. The molecule has 0 aliphatic heterocycles. The van der Waals surface area contributed by atoms with Crippen LogP contribution in [0.25, 0.3) is 11.4 Å². The van der Waals surface area contributed by atoms with Gasteiger partial charge in [-0.1, -0.05) is 23.4 Å². The predicted molar refractivity (Wildman–Crippen MR) is 95.7 cm³/mol. The van der Waals surface area contributed by atoms with Gasteiger partial charge in [0.2, 0.25) is 11.7 Å². The van der Waals surface area contributed by atoms with Gasteiger partial charge >= 0.3 is 6.03 Å². The van der Waals surface area contributed by atoms with Crippen LogP contribution in [0.15, 0.2) is 53.3 Å². The molecule has 2 aromatic heterocycles. The molecule has 134 valence electrons. The maximum absolute atomic E-state index is 11.9. The van der Waals surface area contributed by atoms with Gasteiger partial charge in [0.25, 0.3) is 0 Å². The summed E-state index contributed by atoms with van der Waals surface area (Å²) in [4.78, 5) is 20.3. The minimum Gasteiger partial charge on any atom is -0.383 e. The lowest BCUT2D eigenvalue weighted by Crippen LogP contribution is -2.31. The monoisotopic (exact) mass is 353 g/mol. The Labute approximate surface area is 150 Å². The van der Waals surface area contributed by atoms with Crippen molar-refractivity contribution in [3.63, 3.8) is 0 Å². The maximum atomic E-state index is 11.9. The Balaban J connectivity index is 1.69. The van der Waals surface area contributed by atoms with Crippen LogP contribution in [-0.4, -0.2) is 41.4 Å². The summed E-state index contributed by atoms with van der Waals surface area (Å²) in [6.45, 7) is 0.887. The number of anilines is 1. The van der Waals surface area contributed by atoms with Gasteiger partial charge in [-0.05, 0) is 23.8 Å². The Bertz CT molecular complexity index is 851. The molecule has 0 saturated heterocycles. The molecule has 2 heterocycles. The summed E-state index contributed by atoms with van der Waals surface area (Å²) in [6, 6.07) is 10.8. The molecule has 3 aromatic rings. The number of amides is 2. The highest BCUT2D eigenvalue weighted by molar-refractivity contribution is 5.90. The summed E-state index contributed by atoms with van der Waals surface area (Å²) < 4.78 is 10.2. The van der Waals surface area contributed by atoms with E-state index in [1.54, 1.807) is 19.5 Å². The van der Waals surface area contributed by atoms with Crippen LogP contribution in [0.3, 0.4) is 0 Å². The Morgan fingerprint density at radius 1 is 1.19 bits per heavy atom. The highest BCUT2D eigenvalue weighted by Crippen LogP contribution is 2.20. The van der Waals surface area contributed by atoms with Gasteiger partial charge in [-0.15, -0.1) is 0 Å². The molecule has 0 unspecified atom stereocenters. The molecule has 8 nitrogen and oxygen atoms in total. The number of aromatic nitrogens is 3. The molecule has 0 atom stereocenters. The molecule has 0 saturated carbocycles. The summed E-state index contributed by atoms with van der Waals surface area (Å²) in [7, 11) is 1.58. The van der Waals surface area contributed by atoms with Crippen LogP contribution in [0, 0.1) is 0 Å². The molecule has 8 heteroatoms. The molecular weight excluding hydrogens is 334 g/mol. The largest absolute Gasteiger partial charge is 0.383 e. The van der Waals surface area contributed by atoms with Gasteiger partial charge in [-0.3, -0.25) is 4.98 Å². The van der Waals surface area contributed by atoms with Crippen LogP contribution in [0.4, 0.5) is 10.5 Å². The molecule has 2 amide bonds. The van der Waals surface area contributed by atoms with E-state index < -0.39 is 0 Å². The Kier molecular flexibility index (Phi) is 5.89. The third-order valence-corrected chi connectivity index (χ3v) is 3.61. The van der Waals surface area contributed by atoms with Crippen molar-refractivity contribution in [2.45, 2.75) is 6.42 Å². The highest BCUT2D eigenvalue weighted by atomic mass is 16.5. The van der Waals surface area contributed by atoms with Crippen molar-refractivity contribution in [3.8, 4) is 11.4 Å². The number of methoxy groups -OCH3 is 1. The van der Waals surface area contributed by atoms with E-state index in [-0.39, 0.29) is 6.03 Å². The van der Waals surface area contributed by atoms with Gasteiger partial charge in [0.1, 0.15) is 0 Å². The molecule has 1 aromatic carbocycles. The van der Waals surface area contributed by atoms with Crippen molar-refractivity contribution < 1.29 is 14.1 Å². The van der Waals surface area contributed by atoms with E-state index in [0.717, 1.165) is 11.1 Å². The van der Waals surface area contributed by atoms with Gasteiger partial charge in [0.15, 0.2) is 0 Å². The number of ether oxygens (including phenoxy) is 1. The molecule has 3 rings (SSSR count). The number of pyridine rings is 1. The predicted octanol–water partition coefficient (Wildman–Crippen LogP) is 2.49. The second kappa shape index (κ2) is 8.72. The summed E-state index contributed by atoms with van der Waals surface area (Å²) >= 11 is 0. The van der Waals surface area contributed by atoms with Gasteiger partial charge in [0, 0.05) is 37.3 Å². The number of carbonyl (C=O) groups is 1. The van der Waals surface area contributed by atoms with E-state index in [9.17, 15) is 4.79 Å². The highest BCUT2D eigenvalue weighted by Gasteiger charge is 2.12. The van der Waals surface area contributed by atoms with Gasteiger partial charge in [-0.25, -0.2) is 4.79 Å². The lowest BCUT2D eigenvalue weighted by atomic mass is 10.1. The van der Waals surface area contributed by atoms with Crippen molar-refractivity contribution in [1.29, 1.82) is 0 Å². The van der Waals surface area contributed by atoms with Crippen LogP contribution >= 0.6 is 0 Å². The molecule has 0 aliphatic rings. The minimum atomic E-state index is -0.294. The third kappa shape index (κ3) is 4.64. The van der Waals surface area contributed by atoms with E-state index >= 15 is 0 Å². The van der Waals surface area contributed by atoms with Crippen molar-refractivity contribution in [3.05, 3.63) is 60.2 Å². The maximum Gasteiger partial charge on any atom is 0.319 e. The number of benzene rings is 1. The first-order chi connectivity index (χ1) is 12.8. The fourth-order valence-electron chi connectivity index (χ4n) is 2.34. The van der Waals surface area contributed by atoms with Gasteiger partial charge in [0.05, 0.1) is 13.0 Å². The van der Waals surface area contributed by atoms with E-state index in [1.807, 2.05) is 36.4 Å². The number of nitrogens with one attached hydrogen (secondary N) is 2. The number of urea groups is 1. The van der Waals surface area contributed by atoms with Crippen LogP contribution < -0.4 is 10.6 Å². The normalized spacial score (nSPS) is 10.5. The average Bonchev–Trinajstić information content (AvgIpc) is 3.13. The van der Waals surface area contributed by atoms with Crippen LogP contribution in [0.5, 0.6) is 0 Å². The lowest BCUT2D eigenvalue weighted by molar-refractivity contribution is 0.198. The van der Waals surface area contributed by atoms with Gasteiger partial charge in [-0.2, -0.15) is 4.98 Å². The van der Waals surface area contributed by atoms with E-state index in [2.05, 4.69) is 25.8 Å². The average molecular weight is 353 g/mol. The number of hydrogen-bond donors (Lipinski definition) is 2. The zero-order valence-electron chi connectivity index (χ0n) is 14.3. The van der Waals surface area contributed by atoms with E-state index in [4.69, 9.17) is 9.26 Å². The second-order valence-electron chi connectivity index (χ2n) is 5.46. The molecule has 0 aliphatic carbocycles.